The van der Waals surface area contributed by atoms with Crippen molar-refractivity contribution >= 4 is 67.2 Å². The number of hydrogen-bond donors (Lipinski definition) is 4. The Hall–Kier alpha value is -2.92. The molecule has 1 aromatic carbocycles. The molecule has 0 fully saturated rings. The van der Waals surface area contributed by atoms with Gasteiger partial charge in [0.1, 0.15) is 11.5 Å². The fourth-order valence-corrected chi connectivity index (χ4v) is 4.05. The lowest BCUT2D eigenvalue weighted by Gasteiger charge is -2.07. The number of anilines is 2. The number of thiophene rings is 1. The second-order valence-corrected chi connectivity index (χ2v) is 8.18. The molecule has 0 saturated carbocycles. The lowest BCUT2D eigenvalue weighted by atomic mass is 10.1. The SMILES string of the molecule is CCNC(=O)c1c(NC(=O)c2ccc(Br)s2)[nH]c2cc([N+](=O)[O-])c(NC)cc12. The second kappa shape index (κ2) is 7.98. The van der Waals surface area contributed by atoms with E-state index in [2.05, 4.69) is 36.9 Å². The van der Waals surface area contributed by atoms with Crippen molar-refractivity contribution in [3.8, 4) is 0 Å². The standard InChI is InChI=1S/C17H16BrN5O4S/c1-3-20-17(25)14-8-6-10(19-2)11(23(26)27)7-9(8)21-15(14)22-16(24)12-4-5-13(18)28-12/h4-7,19,21H,3H2,1-2H3,(H,20,25)(H,22,24). The first-order valence-electron chi connectivity index (χ1n) is 8.22. The van der Waals surface area contributed by atoms with Crippen LogP contribution in [0.5, 0.6) is 0 Å². The summed E-state index contributed by atoms with van der Waals surface area (Å²) in [5.41, 5.74) is 0.711. The van der Waals surface area contributed by atoms with Crippen LogP contribution in [0.15, 0.2) is 28.1 Å². The molecule has 9 nitrogen and oxygen atoms in total. The molecular formula is C17H16BrN5O4S. The number of halogens is 1. The molecule has 0 aliphatic carbocycles. The van der Waals surface area contributed by atoms with Gasteiger partial charge in [0.2, 0.25) is 0 Å². The van der Waals surface area contributed by atoms with Gasteiger partial charge in [-0.3, -0.25) is 19.7 Å². The number of aromatic nitrogens is 1. The molecule has 0 bridgehead atoms. The van der Waals surface area contributed by atoms with Gasteiger partial charge in [-0.1, -0.05) is 0 Å². The van der Waals surface area contributed by atoms with Crippen molar-refractivity contribution in [1.82, 2.24) is 10.3 Å². The molecule has 0 atom stereocenters. The van der Waals surface area contributed by atoms with E-state index in [4.69, 9.17) is 0 Å². The highest BCUT2D eigenvalue weighted by Crippen LogP contribution is 2.35. The third-order valence-corrected chi connectivity index (χ3v) is 5.60. The molecule has 0 radical (unpaired) electrons. The Morgan fingerprint density at radius 2 is 2.04 bits per heavy atom. The zero-order chi connectivity index (χ0) is 20.4. The number of nitro groups is 1. The molecule has 28 heavy (non-hydrogen) atoms. The van der Waals surface area contributed by atoms with Crippen molar-refractivity contribution < 1.29 is 14.5 Å². The summed E-state index contributed by atoms with van der Waals surface area (Å²) in [4.78, 5) is 39.4. The summed E-state index contributed by atoms with van der Waals surface area (Å²) >= 11 is 4.56. The fraction of sp³-hybridized carbons (Fsp3) is 0.176. The molecule has 2 amide bonds. The van der Waals surface area contributed by atoms with E-state index in [1.165, 1.54) is 23.5 Å². The number of aromatic amines is 1. The van der Waals surface area contributed by atoms with Crippen LogP contribution in [0.2, 0.25) is 0 Å². The Bertz CT molecular complexity index is 1090. The number of fused-ring (bicyclic) bond motifs is 1. The predicted molar refractivity (Wildman–Crippen MR) is 112 cm³/mol. The van der Waals surface area contributed by atoms with E-state index in [9.17, 15) is 19.7 Å². The van der Waals surface area contributed by atoms with Gasteiger partial charge in [-0.2, -0.15) is 0 Å². The average molecular weight is 466 g/mol. The molecule has 0 aliphatic rings. The molecule has 3 rings (SSSR count). The van der Waals surface area contributed by atoms with E-state index < -0.39 is 16.7 Å². The first-order chi connectivity index (χ1) is 13.3. The van der Waals surface area contributed by atoms with Crippen LogP contribution < -0.4 is 16.0 Å². The first-order valence-corrected chi connectivity index (χ1v) is 9.83. The van der Waals surface area contributed by atoms with Crippen LogP contribution in [0.1, 0.15) is 27.0 Å². The number of nitro benzene ring substituents is 1. The lowest BCUT2D eigenvalue weighted by Crippen LogP contribution is -2.24. The number of carbonyl (C=O) groups is 2. The van der Waals surface area contributed by atoms with Crippen LogP contribution in [0.3, 0.4) is 0 Å². The highest BCUT2D eigenvalue weighted by molar-refractivity contribution is 9.11. The normalized spacial score (nSPS) is 10.7. The molecule has 3 aromatic rings. The smallest absolute Gasteiger partial charge is 0.294 e. The Morgan fingerprint density at radius 3 is 2.61 bits per heavy atom. The summed E-state index contributed by atoms with van der Waals surface area (Å²) in [5, 5.41) is 19.9. The Labute approximate surface area is 171 Å². The van der Waals surface area contributed by atoms with Gasteiger partial charge >= 0.3 is 0 Å². The fourth-order valence-electron chi connectivity index (χ4n) is 2.77. The van der Waals surface area contributed by atoms with Gasteiger partial charge in [0.15, 0.2) is 0 Å². The van der Waals surface area contributed by atoms with Crippen LogP contribution in [0.4, 0.5) is 17.2 Å². The zero-order valence-corrected chi connectivity index (χ0v) is 17.3. The molecule has 0 spiro atoms. The van der Waals surface area contributed by atoms with Gasteiger partial charge in [0.05, 0.1) is 24.7 Å². The summed E-state index contributed by atoms with van der Waals surface area (Å²) < 4.78 is 0.799. The van der Waals surface area contributed by atoms with E-state index >= 15 is 0 Å². The molecular weight excluding hydrogens is 450 g/mol. The van der Waals surface area contributed by atoms with Crippen LogP contribution in [-0.4, -0.2) is 35.3 Å². The van der Waals surface area contributed by atoms with Gasteiger partial charge in [0, 0.05) is 25.0 Å². The number of carbonyl (C=O) groups excluding carboxylic acids is 2. The monoisotopic (exact) mass is 465 g/mol. The maximum atomic E-state index is 12.6. The molecule has 0 saturated heterocycles. The molecule has 2 heterocycles. The topological polar surface area (TPSA) is 129 Å². The van der Waals surface area contributed by atoms with Crippen LogP contribution >= 0.6 is 27.3 Å². The number of amides is 2. The minimum absolute atomic E-state index is 0.140. The van der Waals surface area contributed by atoms with E-state index in [-0.39, 0.29) is 22.8 Å². The third kappa shape index (κ3) is 3.71. The molecule has 4 N–H and O–H groups in total. The van der Waals surface area contributed by atoms with Crippen LogP contribution in [0, 0.1) is 10.1 Å². The number of rotatable bonds is 6. The Morgan fingerprint density at radius 1 is 1.29 bits per heavy atom. The first kappa shape index (κ1) is 19.8. The van der Waals surface area contributed by atoms with Gasteiger partial charge in [0.25, 0.3) is 17.5 Å². The summed E-state index contributed by atoms with van der Waals surface area (Å²) in [6.45, 7) is 2.17. The quantitative estimate of drug-likeness (QED) is 0.323. The summed E-state index contributed by atoms with van der Waals surface area (Å²) in [6.07, 6.45) is 0. The highest BCUT2D eigenvalue weighted by Gasteiger charge is 2.24. The van der Waals surface area contributed by atoms with E-state index in [0.29, 0.717) is 22.3 Å². The third-order valence-electron chi connectivity index (χ3n) is 3.98. The van der Waals surface area contributed by atoms with Crippen LogP contribution in [-0.2, 0) is 0 Å². The van der Waals surface area contributed by atoms with Crippen molar-refractivity contribution in [2.45, 2.75) is 6.92 Å². The van der Waals surface area contributed by atoms with Gasteiger partial charge in [-0.25, -0.2) is 0 Å². The maximum absolute atomic E-state index is 12.6. The minimum Gasteiger partial charge on any atom is -0.383 e. The van der Waals surface area contributed by atoms with Gasteiger partial charge in [-0.05, 0) is 41.1 Å². The number of hydrogen-bond acceptors (Lipinski definition) is 6. The van der Waals surface area contributed by atoms with Gasteiger partial charge in [-0.15, -0.1) is 11.3 Å². The highest BCUT2D eigenvalue weighted by atomic mass is 79.9. The van der Waals surface area contributed by atoms with E-state index in [1.54, 1.807) is 26.1 Å². The summed E-state index contributed by atoms with van der Waals surface area (Å²) in [5.74, 6) is -0.610. The van der Waals surface area contributed by atoms with Crippen molar-refractivity contribution in [3.63, 3.8) is 0 Å². The van der Waals surface area contributed by atoms with Crippen molar-refractivity contribution in [2.75, 3.05) is 24.2 Å². The zero-order valence-electron chi connectivity index (χ0n) is 14.9. The average Bonchev–Trinajstić information content (AvgIpc) is 3.23. The van der Waals surface area contributed by atoms with Crippen molar-refractivity contribution in [3.05, 3.63) is 48.6 Å². The van der Waals surface area contributed by atoms with Crippen molar-refractivity contribution in [1.29, 1.82) is 0 Å². The summed E-state index contributed by atoms with van der Waals surface area (Å²) in [6, 6.07) is 6.26. The largest absolute Gasteiger partial charge is 0.383 e. The molecule has 0 aliphatic heterocycles. The number of H-pyrrole nitrogens is 1. The number of nitrogens with zero attached hydrogens (tertiary/aromatic N) is 1. The predicted octanol–water partition coefficient (Wildman–Crippen LogP) is 3.94. The Kier molecular flexibility index (Phi) is 5.66. The van der Waals surface area contributed by atoms with Gasteiger partial charge < -0.3 is 20.9 Å². The van der Waals surface area contributed by atoms with Crippen LogP contribution in [0.25, 0.3) is 10.9 Å². The minimum atomic E-state index is -0.515. The Balaban J connectivity index is 2.14. The maximum Gasteiger partial charge on any atom is 0.294 e. The molecule has 2 aromatic heterocycles. The molecule has 146 valence electrons. The van der Waals surface area contributed by atoms with E-state index in [0.717, 1.165) is 3.79 Å². The number of nitrogens with one attached hydrogen (secondary N) is 4. The summed E-state index contributed by atoms with van der Waals surface area (Å²) in [7, 11) is 1.56. The van der Waals surface area contributed by atoms with Crippen molar-refractivity contribution in [2.24, 2.45) is 0 Å². The second-order valence-electron chi connectivity index (χ2n) is 5.71. The molecule has 0 unspecified atom stereocenters. The molecule has 11 heteroatoms. The number of benzene rings is 1. The lowest BCUT2D eigenvalue weighted by molar-refractivity contribution is -0.383. The van der Waals surface area contributed by atoms with E-state index in [1.807, 2.05) is 0 Å².